The molecular formula is C14H11Cl2F2NO. The van der Waals surface area contributed by atoms with E-state index in [1.807, 2.05) is 0 Å². The molecule has 2 aromatic carbocycles. The molecule has 1 atom stereocenters. The van der Waals surface area contributed by atoms with Gasteiger partial charge in [-0.2, -0.15) is 0 Å². The summed E-state index contributed by atoms with van der Waals surface area (Å²) in [5.41, 5.74) is 6.52. The maximum atomic E-state index is 13.8. The highest BCUT2D eigenvalue weighted by Crippen LogP contribution is 2.31. The maximum absolute atomic E-state index is 13.8. The van der Waals surface area contributed by atoms with Crippen molar-refractivity contribution < 1.29 is 13.5 Å². The first-order valence-electron chi connectivity index (χ1n) is 5.67. The topological polar surface area (TPSA) is 35.2 Å². The predicted octanol–water partition coefficient (Wildman–Crippen LogP) is 4.33. The Labute approximate surface area is 125 Å². The molecule has 0 amide bonds. The molecule has 0 saturated carbocycles. The van der Waals surface area contributed by atoms with Gasteiger partial charge in [0.2, 0.25) is 0 Å². The zero-order valence-electron chi connectivity index (χ0n) is 10.5. The van der Waals surface area contributed by atoms with Crippen molar-refractivity contribution in [3.63, 3.8) is 0 Å². The first-order valence-corrected chi connectivity index (χ1v) is 6.43. The van der Waals surface area contributed by atoms with E-state index in [4.69, 9.17) is 33.7 Å². The second kappa shape index (κ2) is 5.95. The molecule has 1 unspecified atom stereocenters. The molecule has 0 saturated heterocycles. The molecule has 0 aliphatic heterocycles. The van der Waals surface area contributed by atoms with Crippen LogP contribution >= 0.6 is 23.2 Å². The molecule has 0 spiro atoms. The second-order valence-electron chi connectivity index (χ2n) is 4.16. The van der Waals surface area contributed by atoms with Gasteiger partial charge in [0.15, 0.2) is 0 Å². The molecule has 0 aliphatic rings. The van der Waals surface area contributed by atoms with Crippen molar-refractivity contribution in [2.45, 2.75) is 6.04 Å². The summed E-state index contributed by atoms with van der Waals surface area (Å²) in [6, 6.07) is 5.83. The molecule has 0 bridgehead atoms. The number of hydrogen-bond donors (Lipinski definition) is 1. The third-order valence-corrected chi connectivity index (χ3v) is 3.51. The average Bonchev–Trinajstić information content (AvgIpc) is 2.42. The van der Waals surface area contributed by atoms with Gasteiger partial charge in [0.05, 0.1) is 23.2 Å². The van der Waals surface area contributed by atoms with Crippen molar-refractivity contribution in [1.82, 2.24) is 0 Å². The van der Waals surface area contributed by atoms with Gasteiger partial charge >= 0.3 is 0 Å². The SMILES string of the molecule is COc1cc(C(N)c2cc(F)c(Cl)cc2F)ccc1Cl. The molecule has 0 radical (unpaired) electrons. The smallest absolute Gasteiger partial charge is 0.142 e. The summed E-state index contributed by atoms with van der Waals surface area (Å²) in [4.78, 5) is 0. The predicted molar refractivity (Wildman–Crippen MR) is 75.4 cm³/mol. The molecule has 0 heterocycles. The summed E-state index contributed by atoms with van der Waals surface area (Å²) in [6.45, 7) is 0. The summed E-state index contributed by atoms with van der Waals surface area (Å²) in [5.74, 6) is -0.980. The van der Waals surface area contributed by atoms with Crippen LogP contribution < -0.4 is 10.5 Å². The zero-order chi connectivity index (χ0) is 14.9. The molecule has 0 fully saturated rings. The lowest BCUT2D eigenvalue weighted by molar-refractivity contribution is 0.414. The molecule has 0 aromatic heterocycles. The lowest BCUT2D eigenvalue weighted by atomic mass is 9.99. The van der Waals surface area contributed by atoms with Crippen LogP contribution in [0.4, 0.5) is 8.78 Å². The Morgan fingerprint density at radius 3 is 2.40 bits per heavy atom. The standard InChI is InChI=1S/C14H11Cl2F2NO/c1-20-13-4-7(2-3-9(13)15)14(19)8-5-12(18)10(16)6-11(8)17/h2-6,14H,19H2,1H3. The van der Waals surface area contributed by atoms with Gasteiger partial charge in [0.1, 0.15) is 17.4 Å². The van der Waals surface area contributed by atoms with Crippen LogP contribution in [0.25, 0.3) is 0 Å². The van der Waals surface area contributed by atoms with Gasteiger partial charge in [0, 0.05) is 5.56 Å². The minimum Gasteiger partial charge on any atom is -0.495 e. The van der Waals surface area contributed by atoms with Gasteiger partial charge in [0.25, 0.3) is 0 Å². The summed E-state index contributed by atoms with van der Waals surface area (Å²) >= 11 is 11.4. The number of rotatable bonds is 3. The van der Waals surface area contributed by atoms with Crippen LogP contribution in [-0.2, 0) is 0 Å². The fourth-order valence-electron chi connectivity index (χ4n) is 1.83. The van der Waals surface area contributed by atoms with E-state index in [9.17, 15) is 8.78 Å². The van der Waals surface area contributed by atoms with Crippen molar-refractivity contribution in [2.24, 2.45) is 5.73 Å². The van der Waals surface area contributed by atoms with Gasteiger partial charge in [-0.05, 0) is 29.8 Å². The number of benzene rings is 2. The highest BCUT2D eigenvalue weighted by molar-refractivity contribution is 6.32. The van der Waals surface area contributed by atoms with Gasteiger partial charge in [-0.1, -0.05) is 29.3 Å². The number of methoxy groups -OCH3 is 1. The van der Waals surface area contributed by atoms with Crippen LogP contribution in [0, 0.1) is 11.6 Å². The normalized spacial score (nSPS) is 12.3. The number of halogens is 4. The molecule has 2 rings (SSSR count). The lowest BCUT2D eigenvalue weighted by Crippen LogP contribution is -2.14. The Bertz CT molecular complexity index is 649. The van der Waals surface area contributed by atoms with E-state index in [0.29, 0.717) is 16.3 Å². The molecule has 106 valence electrons. The fourth-order valence-corrected chi connectivity index (χ4v) is 2.17. The molecule has 20 heavy (non-hydrogen) atoms. The average molecular weight is 318 g/mol. The summed E-state index contributed by atoms with van der Waals surface area (Å²) < 4.78 is 32.4. The summed E-state index contributed by atoms with van der Waals surface area (Å²) in [6.07, 6.45) is 0. The van der Waals surface area contributed by atoms with Gasteiger partial charge in [-0.3, -0.25) is 0 Å². The van der Waals surface area contributed by atoms with Crippen LogP contribution in [0.15, 0.2) is 30.3 Å². The van der Waals surface area contributed by atoms with Gasteiger partial charge < -0.3 is 10.5 Å². The van der Waals surface area contributed by atoms with Crippen LogP contribution in [0.1, 0.15) is 17.2 Å². The monoisotopic (exact) mass is 317 g/mol. The Balaban J connectivity index is 2.46. The van der Waals surface area contributed by atoms with E-state index in [-0.39, 0.29) is 10.6 Å². The largest absolute Gasteiger partial charge is 0.495 e. The maximum Gasteiger partial charge on any atom is 0.142 e. The minimum absolute atomic E-state index is 0.0104. The van der Waals surface area contributed by atoms with Crippen molar-refractivity contribution in [3.05, 3.63) is 63.1 Å². The van der Waals surface area contributed by atoms with Crippen LogP contribution in [0.5, 0.6) is 5.75 Å². The molecule has 0 aliphatic carbocycles. The first-order chi connectivity index (χ1) is 9.43. The zero-order valence-corrected chi connectivity index (χ0v) is 12.0. The van der Waals surface area contributed by atoms with E-state index >= 15 is 0 Å². The first kappa shape index (κ1) is 15.0. The van der Waals surface area contributed by atoms with E-state index < -0.39 is 17.7 Å². The van der Waals surface area contributed by atoms with Crippen molar-refractivity contribution >= 4 is 23.2 Å². The third-order valence-electron chi connectivity index (χ3n) is 2.91. The summed E-state index contributed by atoms with van der Waals surface area (Å²) in [7, 11) is 1.46. The minimum atomic E-state index is -0.854. The number of hydrogen-bond acceptors (Lipinski definition) is 2. The Kier molecular flexibility index (Phi) is 4.48. The number of nitrogens with two attached hydrogens (primary N) is 1. The summed E-state index contributed by atoms with van der Waals surface area (Å²) in [5, 5.41) is 0.123. The Morgan fingerprint density at radius 2 is 1.75 bits per heavy atom. The third kappa shape index (κ3) is 2.87. The fraction of sp³-hybridized carbons (Fsp3) is 0.143. The van der Waals surface area contributed by atoms with E-state index in [2.05, 4.69) is 0 Å². The van der Waals surface area contributed by atoms with Crippen molar-refractivity contribution in [1.29, 1.82) is 0 Å². The molecule has 2 N–H and O–H groups in total. The van der Waals surface area contributed by atoms with Crippen LogP contribution in [-0.4, -0.2) is 7.11 Å². The highest BCUT2D eigenvalue weighted by Gasteiger charge is 2.18. The Hall–Kier alpha value is -1.36. The van der Waals surface area contributed by atoms with Crippen LogP contribution in [0.3, 0.4) is 0 Å². The van der Waals surface area contributed by atoms with Crippen molar-refractivity contribution in [3.8, 4) is 5.75 Å². The number of ether oxygens (including phenoxy) is 1. The molecule has 6 heteroatoms. The highest BCUT2D eigenvalue weighted by atomic mass is 35.5. The molecule has 2 nitrogen and oxygen atoms in total. The second-order valence-corrected chi connectivity index (χ2v) is 4.97. The van der Waals surface area contributed by atoms with Gasteiger partial charge in [-0.15, -0.1) is 0 Å². The quantitative estimate of drug-likeness (QED) is 0.855. The molecule has 2 aromatic rings. The lowest BCUT2D eigenvalue weighted by Gasteiger charge is -2.15. The van der Waals surface area contributed by atoms with E-state index in [1.54, 1.807) is 18.2 Å². The van der Waals surface area contributed by atoms with Crippen LogP contribution in [0.2, 0.25) is 10.0 Å². The molecular weight excluding hydrogens is 307 g/mol. The van der Waals surface area contributed by atoms with Gasteiger partial charge in [-0.25, -0.2) is 8.78 Å². The van der Waals surface area contributed by atoms with E-state index in [0.717, 1.165) is 12.1 Å². The van der Waals surface area contributed by atoms with E-state index in [1.165, 1.54) is 7.11 Å². The van der Waals surface area contributed by atoms with Crippen molar-refractivity contribution in [2.75, 3.05) is 7.11 Å². The Morgan fingerprint density at radius 1 is 1.05 bits per heavy atom.